The number of hydrogen-bond acceptors (Lipinski definition) is 7. The molecule has 0 aliphatic rings. The molecule has 2 aromatic carbocycles. The summed E-state index contributed by atoms with van der Waals surface area (Å²) in [6, 6.07) is 5.86. The van der Waals surface area contributed by atoms with E-state index in [-0.39, 0.29) is 47.8 Å². The van der Waals surface area contributed by atoms with Gasteiger partial charge in [0.15, 0.2) is 29.2 Å². The highest BCUT2D eigenvalue weighted by Gasteiger charge is 2.25. The summed E-state index contributed by atoms with van der Waals surface area (Å²) in [6.45, 7) is -0.269. The molecule has 12 nitrogen and oxygen atoms in total. The lowest BCUT2D eigenvalue weighted by Gasteiger charge is -2.19. The van der Waals surface area contributed by atoms with Gasteiger partial charge in [0.1, 0.15) is 22.8 Å². The van der Waals surface area contributed by atoms with Crippen LogP contribution in [-0.2, 0) is 20.9 Å². The lowest BCUT2D eigenvalue weighted by atomic mass is 10.1. The second-order valence-corrected chi connectivity index (χ2v) is 10.6. The zero-order chi connectivity index (χ0) is 34.4. The van der Waals surface area contributed by atoms with Crippen LogP contribution < -0.4 is 15.6 Å². The maximum absolute atomic E-state index is 14.8. The molecule has 4 rings (SSSR count). The van der Waals surface area contributed by atoms with Crippen LogP contribution in [0.5, 0.6) is 11.5 Å². The first-order valence-electron chi connectivity index (χ1n) is 14.0. The van der Waals surface area contributed by atoms with Crippen molar-refractivity contribution < 1.29 is 41.4 Å². The Hall–Kier alpha value is -5.67. The number of halogens is 4. The average Bonchev–Trinajstić information content (AvgIpc) is 3.41. The molecule has 2 aromatic heterocycles. The number of H-pyrrole nitrogens is 1. The summed E-state index contributed by atoms with van der Waals surface area (Å²) in [4.78, 5) is 59.8. The van der Waals surface area contributed by atoms with E-state index in [0.717, 1.165) is 27.7 Å². The monoisotopic (exact) mass is 658 g/mol. The highest BCUT2D eigenvalue weighted by Crippen LogP contribution is 2.34. The van der Waals surface area contributed by atoms with Crippen molar-refractivity contribution in [1.82, 2.24) is 24.3 Å². The van der Waals surface area contributed by atoms with Gasteiger partial charge in [-0.1, -0.05) is 6.08 Å². The molecule has 0 aliphatic carbocycles. The summed E-state index contributed by atoms with van der Waals surface area (Å²) >= 11 is 0. The molecule has 3 amide bonds. The number of rotatable bonds is 11. The van der Waals surface area contributed by atoms with Gasteiger partial charge in [-0.3, -0.25) is 14.4 Å². The number of allylic oxidation sites excluding steroid dienone is 1. The number of imidazole rings is 1. The highest BCUT2D eigenvalue weighted by atomic mass is 19.2. The molecular formula is C31H30F4N6O6. The summed E-state index contributed by atoms with van der Waals surface area (Å²) in [5, 5.41) is 2.46. The molecule has 0 fully saturated rings. The number of carbonyl (C=O) groups is 3. The van der Waals surface area contributed by atoms with Crippen molar-refractivity contribution in [3.8, 4) is 11.5 Å². The first-order valence-corrected chi connectivity index (χ1v) is 14.0. The maximum atomic E-state index is 14.8. The van der Waals surface area contributed by atoms with E-state index in [2.05, 4.69) is 15.3 Å². The van der Waals surface area contributed by atoms with E-state index in [9.17, 15) is 36.7 Å². The highest BCUT2D eigenvalue weighted by molar-refractivity contribution is 5.95. The molecule has 16 heteroatoms. The van der Waals surface area contributed by atoms with Gasteiger partial charge in [-0.25, -0.2) is 22.9 Å². The van der Waals surface area contributed by atoms with Gasteiger partial charge >= 0.3 is 6.09 Å². The van der Waals surface area contributed by atoms with Crippen LogP contribution in [0.25, 0.3) is 11.0 Å². The molecule has 0 saturated carbocycles. The largest absolute Gasteiger partial charge is 0.449 e. The minimum absolute atomic E-state index is 0.00196. The second kappa shape index (κ2) is 14.6. The molecule has 4 aromatic rings. The molecular weight excluding hydrogens is 628 g/mol. The van der Waals surface area contributed by atoms with Crippen molar-refractivity contribution in [2.24, 2.45) is 0 Å². The number of fused-ring (bicyclic) bond motifs is 1. The Labute approximate surface area is 265 Å². The van der Waals surface area contributed by atoms with Gasteiger partial charge in [0.2, 0.25) is 11.7 Å². The number of aromatic amines is 1. The van der Waals surface area contributed by atoms with Crippen LogP contribution in [0.3, 0.4) is 0 Å². The van der Waals surface area contributed by atoms with E-state index in [1.54, 1.807) is 14.1 Å². The molecule has 2 N–H and O–H groups in total. The van der Waals surface area contributed by atoms with E-state index in [1.807, 2.05) is 0 Å². The zero-order valence-electron chi connectivity index (χ0n) is 25.6. The molecule has 47 heavy (non-hydrogen) atoms. The smallest absolute Gasteiger partial charge is 0.410 e. The van der Waals surface area contributed by atoms with Crippen LogP contribution in [0, 0.1) is 23.3 Å². The second-order valence-electron chi connectivity index (χ2n) is 10.6. The number of pyridine rings is 1. The summed E-state index contributed by atoms with van der Waals surface area (Å²) < 4.78 is 68.3. The molecule has 1 atom stereocenters. The van der Waals surface area contributed by atoms with Crippen LogP contribution in [0.4, 0.5) is 28.0 Å². The van der Waals surface area contributed by atoms with Crippen molar-refractivity contribution in [2.75, 3.05) is 33.5 Å². The van der Waals surface area contributed by atoms with E-state index in [0.29, 0.717) is 6.07 Å². The van der Waals surface area contributed by atoms with Crippen LogP contribution in [-0.4, -0.2) is 76.5 Å². The van der Waals surface area contributed by atoms with Gasteiger partial charge in [0.25, 0.3) is 11.5 Å². The van der Waals surface area contributed by atoms with Crippen LogP contribution in [0.1, 0.15) is 18.7 Å². The molecule has 0 aliphatic heterocycles. The number of carbonyl (C=O) groups excluding carboxylic acids is 3. The third-order valence-corrected chi connectivity index (χ3v) is 6.58. The van der Waals surface area contributed by atoms with Gasteiger partial charge in [0, 0.05) is 46.5 Å². The van der Waals surface area contributed by atoms with Crippen LogP contribution in [0.15, 0.2) is 59.5 Å². The van der Waals surface area contributed by atoms with Gasteiger partial charge < -0.3 is 34.1 Å². The van der Waals surface area contributed by atoms with E-state index in [4.69, 9.17) is 9.47 Å². The topological polar surface area (TPSA) is 139 Å². The number of ether oxygens (including phenoxy) is 2. The minimum atomic E-state index is -1.47. The van der Waals surface area contributed by atoms with Crippen molar-refractivity contribution in [3.63, 3.8) is 0 Å². The van der Waals surface area contributed by atoms with Crippen LogP contribution >= 0.6 is 0 Å². The van der Waals surface area contributed by atoms with Crippen molar-refractivity contribution in [2.45, 2.75) is 25.5 Å². The summed E-state index contributed by atoms with van der Waals surface area (Å²) in [5.74, 6) is -7.23. The number of aromatic nitrogens is 3. The molecule has 0 spiro atoms. The minimum Gasteiger partial charge on any atom is -0.449 e. The summed E-state index contributed by atoms with van der Waals surface area (Å²) in [5.41, 5.74) is -1.14. The number of hydrogen-bond donors (Lipinski definition) is 2. The number of nitrogens with one attached hydrogen (secondary N) is 2. The maximum Gasteiger partial charge on any atom is 0.410 e. The SMILES string of the molecule is CN(C)C(=O)/C=C/CC[C@H](OC(=O)N(C)C)C(=O)Nc1cccn(Cc2nc3c(Oc4ccc(F)cc4F)c(F)c(F)cc3[nH]2)c1=O. The Balaban J connectivity index is 1.56. The van der Waals surface area contributed by atoms with Crippen molar-refractivity contribution >= 4 is 34.6 Å². The summed E-state index contributed by atoms with van der Waals surface area (Å²) in [7, 11) is 6.01. The molecule has 0 unspecified atom stereocenters. The normalized spacial score (nSPS) is 11.8. The Bertz CT molecular complexity index is 1910. The Kier molecular flexibility index (Phi) is 10.6. The molecule has 0 radical (unpaired) electrons. The first kappa shape index (κ1) is 34.2. The van der Waals surface area contributed by atoms with Crippen LogP contribution in [0.2, 0.25) is 0 Å². The fourth-order valence-corrected chi connectivity index (χ4v) is 4.14. The molecule has 0 saturated heterocycles. The predicted octanol–water partition coefficient (Wildman–Crippen LogP) is 4.55. The first-order chi connectivity index (χ1) is 22.2. The summed E-state index contributed by atoms with van der Waals surface area (Å²) in [6.07, 6.45) is 2.29. The number of likely N-dealkylation sites (N-methyl/N-ethyl adjacent to an activating group) is 1. The average molecular weight is 659 g/mol. The van der Waals surface area contributed by atoms with E-state index in [1.165, 1.54) is 49.5 Å². The van der Waals surface area contributed by atoms with Gasteiger partial charge in [0.05, 0.1) is 12.1 Å². The number of benzene rings is 2. The van der Waals surface area contributed by atoms with E-state index < -0.39 is 58.4 Å². The standard InChI is InChI=1S/C31H30F4N6O6/c1-39(2)25(42)10-6-5-9-23(47-31(45)40(3)4)29(43)37-20-8-7-13-41(30(20)44)16-24-36-21-15-19(34)26(35)28(27(21)38-24)46-22-12-11-17(32)14-18(22)33/h6-8,10-15,23H,5,9,16H2,1-4H3,(H,36,38)(H,37,43)/b10-6+/t23-/m0/s1. The van der Waals surface area contributed by atoms with Gasteiger partial charge in [-0.15, -0.1) is 0 Å². The fraction of sp³-hybridized carbons (Fsp3) is 0.258. The van der Waals surface area contributed by atoms with Crippen molar-refractivity contribution in [3.05, 3.63) is 94.2 Å². The van der Waals surface area contributed by atoms with Crippen molar-refractivity contribution in [1.29, 1.82) is 0 Å². The van der Waals surface area contributed by atoms with Gasteiger partial charge in [-0.05, 0) is 43.2 Å². The van der Waals surface area contributed by atoms with E-state index >= 15 is 0 Å². The lowest BCUT2D eigenvalue weighted by Crippen LogP contribution is -2.37. The van der Waals surface area contributed by atoms with Gasteiger partial charge in [-0.2, -0.15) is 4.39 Å². The molecule has 248 valence electrons. The third-order valence-electron chi connectivity index (χ3n) is 6.58. The zero-order valence-corrected chi connectivity index (χ0v) is 25.6. The number of amides is 3. The number of nitrogens with zero attached hydrogens (tertiary/aromatic N) is 4. The quantitative estimate of drug-likeness (QED) is 0.178. The lowest BCUT2D eigenvalue weighted by molar-refractivity contribution is -0.125. The number of anilines is 1. The molecule has 0 bridgehead atoms. The Morgan fingerprint density at radius 3 is 2.47 bits per heavy atom. The predicted molar refractivity (Wildman–Crippen MR) is 162 cm³/mol. The molecule has 2 heterocycles. The fourth-order valence-electron chi connectivity index (χ4n) is 4.14. The third kappa shape index (κ3) is 8.33. The Morgan fingerprint density at radius 2 is 1.79 bits per heavy atom. The Morgan fingerprint density at radius 1 is 1.04 bits per heavy atom.